The van der Waals surface area contributed by atoms with Crippen LogP contribution >= 0.6 is 0 Å². The van der Waals surface area contributed by atoms with E-state index in [9.17, 15) is 4.79 Å². The molecule has 1 unspecified atom stereocenters. The number of hydrogen-bond acceptors (Lipinski definition) is 5. The lowest BCUT2D eigenvalue weighted by Gasteiger charge is -2.29. The van der Waals surface area contributed by atoms with Crippen LogP contribution in [0, 0.1) is 0 Å². The van der Waals surface area contributed by atoms with Gasteiger partial charge < -0.3 is 14.8 Å². The van der Waals surface area contributed by atoms with Gasteiger partial charge in [0.05, 0.1) is 6.61 Å². The maximum absolute atomic E-state index is 12.1. The number of ether oxygens (including phenoxy) is 2. The Balaban J connectivity index is 1.55. The third-order valence-electron chi connectivity index (χ3n) is 5.40. The number of hydrogen-bond donors (Lipinski definition) is 2. The van der Waals surface area contributed by atoms with E-state index in [1.807, 2.05) is 31.2 Å². The van der Waals surface area contributed by atoms with Gasteiger partial charge in [-0.05, 0) is 37.6 Å². The molecule has 6 heteroatoms. The first-order valence-electron chi connectivity index (χ1n) is 11.8. The zero-order valence-electron chi connectivity index (χ0n) is 19.0. The van der Waals surface area contributed by atoms with E-state index in [-0.39, 0.29) is 6.10 Å². The lowest BCUT2D eigenvalue weighted by molar-refractivity contribution is 0.0857. The Hall–Kier alpha value is -1.79. The Morgan fingerprint density at radius 3 is 2.33 bits per heavy atom. The monoisotopic (exact) mass is 419 g/mol. The first-order valence-corrected chi connectivity index (χ1v) is 11.8. The van der Waals surface area contributed by atoms with Gasteiger partial charge in [0.2, 0.25) is 0 Å². The van der Waals surface area contributed by atoms with Crippen LogP contribution in [0.3, 0.4) is 0 Å². The van der Waals surface area contributed by atoms with Crippen LogP contribution < -0.4 is 15.4 Å². The summed E-state index contributed by atoms with van der Waals surface area (Å²) < 4.78 is 11.3. The first kappa shape index (κ1) is 24.5. The topological polar surface area (TPSA) is 62.8 Å². The molecule has 1 amide bonds. The summed E-state index contributed by atoms with van der Waals surface area (Å²) in [6, 6.07) is 7.49. The third-order valence-corrected chi connectivity index (χ3v) is 5.40. The molecule has 30 heavy (non-hydrogen) atoms. The molecular weight excluding hydrogens is 378 g/mol. The van der Waals surface area contributed by atoms with E-state index in [4.69, 9.17) is 9.47 Å². The molecule has 1 saturated heterocycles. The van der Waals surface area contributed by atoms with Crippen molar-refractivity contribution < 1.29 is 14.3 Å². The number of nitrogens with zero attached hydrogens (tertiary/aromatic N) is 1. The number of carbonyl (C=O) groups is 1. The fraction of sp³-hybridized carbons (Fsp3) is 0.708. The van der Waals surface area contributed by atoms with E-state index < -0.39 is 6.09 Å². The number of piperazine rings is 1. The van der Waals surface area contributed by atoms with Crippen molar-refractivity contribution in [2.45, 2.75) is 71.3 Å². The van der Waals surface area contributed by atoms with Gasteiger partial charge in [-0.1, -0.05) is 51.9 Å². The molecule has 0 radical (unpaired) electrons. The highest BCUT2D eigenvalue weighted by Crippen LogP contribution is 2.17. The fourth-order valence-corrected chi connectivity index (χ4v) is 3.69. The number of benzene rings is 1. The largest absolute Gasteiger partial charge is 0.494 e. The Kier molecular flexibility index (Phi) is 12.3. The zero-order valence-corrected chi connectivity index (χ0v) is 19.0. The highest BCUT2D eigenvalue weighted by atomic mass is 16.6. The van der Waals surface area contributed by atoms with Crippen molar-refractivity contribution in [3.8, 4) is 5.75 Å². The van der Waals surface area contributed by atoms with Crippen molar-refractivity contribution in [2.75, 3.05) is 44.6 Å². The van der Waals surface area contributed by atoms with Crippen LogP contribution in [0.15, 0.2) is 24.3 Å². The predicted molar refractivity (Wildman–Crippen MR) is 123 cm³/mol. The van der Waals surface area contributed by atoms with Gasteiger partial charge in [-0.15, -0.1) is 0 Å². The van der Waals surface area contributed by atoms with Crippen molar-refractivity contribution in [1.82, 2.24) is 10.2 Å². The highest BCUT2D eigenvalue weighted by Gasteiger charge is 2.16. The van der Waals surface area contributed by atoms with Crippen molar-refractivity contribution in [3.05, 3.63) is 24.3 Å². The first-order chi connectivity index (χ1) is 14.7. The average molecular weight is 420 g/mol. The van der Waals surface area contributed by atoms with E-state index in [0.29, 0.717) is 5.69 Å². The maximum Gasteiger partial charge on any atom is 0.411 e. The van der Waals surface area contributed by atoms with E-state index >= 15 is 0 Å². The normalized spacial score (nSPS) is 15.5. The molecule has 0 bridgehead atoms. The average Bonchev–Trinajstić information content (AvgIpc) is 2.74. The molecule has 170 valence electrons. The van der Waals surface area contributed by atoms with Crippen molar-refractivity contribution in [1.29, 1.82) is 0 Å². The summed E-state index contributed by atoms with van der Waals surface area (Å²) in [7, 11) is 0. The van der Waals surface area contributed by atoms with Gasteiger partial charge in [-0.25, -0.2) is 4.79 Å². The smallest absolute Gasteiger partial charge is 0.411 e. The molecule has 1 atom stereocenters. The van der Waals surface area contributed by atoms with Gasteiger partial charge >= 0.3 is 6.09 Å². The quantitative estimate of drug-likeness (QED) is 0.413. The lowest BCUT2D eigenvalue weighted by atomic mass is 10.1. The molecule has 1 aliphatic rings. The highest BCUT2D eigenvalue weighted by molar-refractivity contribution is 5.84. The van der Waals surface area contributed by atoms with Gasteiger partial charge in [0.15, 0.2) is 0 Å². The summed E-state index contributed by atoms with van der Waals surface area (Å²) in [4.78, 5) is 14.4. The van der Waals surface area contributed by atoms with Gasteiger partial charge in [-0.3, -0.25) is 10.2 Å². The number of unbranched alkanes of at least 4 members (excludes halogenated alkanes) is 7. The minimum Gasteiger partial charge on any atom is -0.494 e. The Labute approximate surface area is 182 Å². The van der Waals surface area contributed by atoms with Crippen LogP contribution in [0.2, 0.25) is 0 Å². The SMILES string of the molecule is CCCCCCCCCCOc1ccc(NC(=O)OC(C)CN2CCNCC2)cc1. The molecule has 1 aromatic rings. The van der Waals surface area contributed by atoms with Gasteiger partial charge in [0, 0.05) is 38.4 Å². The van der Waals surface area contributed by atoms with E-state index in [2.05, 4.69) is 22.5 Å². The van der Waals surface area contributed by atoms with Crippen molar-refractivity contribution in [3.63, 3.8) is 0 Å². The van der Waals surface area contributed by atoms with Crippen molar-refractivity contribution >= 4 is 11.8 Å². The van der Waals surface area contributed by atoms with Crippen molar-refractivity contribution in [2.24, 2.45) is 0 Å². The Bertz CT molecular complexity index is 574. The maximum atomic E-state index is 12.1. The predicted octanol–water partition coefficient (Wildman–Crippen LogP) is 5.05. The molecule has 0 spiro atoms. The minimum atomic E-state index is -0.412. The van der Waals surface area contributed by atoms with Crippen LogP contribution in [0.25, 0.3) is 0 Å². The molecule has 0 aromatic heterocycles. The molecule has 1 fully saturated rings. The Morgan fingerprint density at radius 2 is 1.67 bits per heavy atom. The van der Waals surface area contributed by atoms with E-state index in [1.165, 1.54) is 44.9 Å². The summed E-state index contributed by atoms with van der Waals surface area (Å²) in [5, 5.41) is 6.12. The van der Waals surface area contributed by atoms with Gasteiger partial charge in [0.1, 0.15) is 11.9 Å². The number of carbonyl (C=O) groups excluding carboxylic acids is 1. The number of rotatable bonds is 14. The molecule has 1 heterocycles. The molecule has 0 aliphatic carbocycles. The molecule has 0 saturated carbocycles. The number of nitrogens with one attached hydrogen (secondary N) is 2. The second-order valence-corrected chi connectivity index (χ2v) is 8.24. The number of amides is 1. The number of anilines is 1. The van der Waals surface area contributed by atoms with E-state index in [1.54, 1.807) is 0 Å². The third kappa shape index (κ3) is 10.8. The summed E-state index contributed by atoms with van der Waals surface area (Å²) in [6.45, 7) is 9.67. The fourth-order valence-electron chi connectivity index (χ4n) is 3.69. The minimum absolute atomic E-state index is 0.141. The molecule has 1 aromatic carbocycles. The molecular formula is C24H41N3O3. The van der Waals surface area contributed by atoms with Crippen LogP contribution in [-0.2, 0) is 4.74 Å². The van der Waals surface area contributed by atoms with Crippen LogP contribution in [0.1, 0.15) is 65.2 Å². The van der Waals surface area contributed by atoms with Gasteiger partial charge in [0.25, 0.3) is 0 Å². The summed E-state index contributed by atoms with van der Waals surface area (Å²) in [5.74, 6) is 0.837. The summed E-state index contributed by atoms with van der Waals surface area (Å²) in [5.41, 5.74) is 0.716. The summed E-state index contributed by atoms with van der Waals surface area (Å²) in [6.07, 6.45) is 9.79. The second kappa shape index (κ2) is 15.1. The zero-order chi connectivity index (χ0) is 21.4. The molecule has 2 N–H and O–H groups in total. The Morgan fingerprint density at radius 1 is 1.03 bits per heavy atom. The summed E-state index contributed by atoms with van der Waals surface area (Å²) >= 11 is 0. The lowest BCUT2D eigenvalue weighted by Crippen LogP contribution is -2.46. The molecule has 1 aliphatic heterocycles. The van der Waals surface area contributed by atoms with Crippen LogP contribution in [-0.4, -0.2) is 56.4 Å². The second-order valence-electron chi connectivity index (χ2n) is 8.24. The standard InChI is InChI=1S/C24H41N3O3/c1-3-4-5-6-7-8-9-10-19-29-23-13-11-22(12-14-23)26-24(28)30-21(2)20-27-17-15-25-16-18-27/h11-14,21,25H,3-10,15-20H2,1-2H3,(H,26,28). The molecule has 2 rings (SSSR count). The van der Waals surface area contributed by atoms with E-state index in [0.717, 1.165) is 51.5 Å². The van der Waals surface area contributed by atoms with Gasteiger partial charge in [-0.2, -0.15) is 0 Å². The molecule has 6 nitrogen and oxygen atoms in total. The van der Waals surface area contributed by atoms with Crippen LogP contribution in [0.5, 0.6) is 5.75 Å². The van der Waals surface area contributed by atoms with Crippen LogP contribution in [0.4, 0.5) is 10.5 Å².